The first-order valence-electron chi connectivity index (χ1n) is 22.5. The van der Waals surface area contributed by atoms with Crippen LogP contribution >= 0.6 is 0 Å². The number of hydrogen-bond donors (Lipinski definition) is 5. The van der Waals surface area contributed by atoms with E-state index in [0.29, 0.717) is 81.6 Å². The number of benzene rings is 2. The largest absolute Gasteiger partial charge is 0.421 e. The smallest absolute Gasteiger partial charge is 0.382 e. The lowest BCUT2D eigenvalue weighted by Gasteiger charge is -2.27. The Balaban J connectivity index is 0.739. The zero-order valence-electron chi connectivity index (χ0n) is 39.3. The fourth-order valence-electron chi connectivity index (χ4n) is 7.28. The summed E-state index contributed by atoms with van der Waals surface area (Å²) in [4.78, 5) is 75.9. The van der Waals surface area contributed by atoms with Crippen LogP contribution in [0.1, 0.15) is 55.2 Å². The fourth-order valence-corrected chi connectivity index (χ4v) is 7.76. The maximum absolute atomic E-state index is 13.9. The summed E-state index contributed by atoms with van der Waals surface area (Å²) < 4.78 is 90.6. The molecular formula is C45H50F3N13O11S. The minimum absolute atomic E-state index is 0.0346. The molecule has 5 heterocycles. The van der Waals surface area contributed by atoms with Crippen LogP contribution in [0.5, 0.6) is 0 Å². The Labute approximate surface area is 415 Å². The number of anilines is 6. The predicted octanol–water partition coefficient (Wildman–Crippen LogP) is 3.07. The van der Waals surface area contributed by atoms with Crippen LogP contribution in [-0.2, 0) is 57.8 Å². The van der Waals surface area contributed by atoms with Crippen LogP contribution in [0.4, 0.5) is 47.8 Å². The standard InChI is InChI=1S/C45H50F3N13O11S/c1-59(73(2,67)68)39-28(5-4-14-50-39)25-51-38-32(45(46,47)48)26-52-44(56-38)54-30-10-8-29(9-11-30)53-40(63)34-27-60(58-57-34)16-18-70-20-22-72-24-23-71-21-19-69-17-15-49-33-7-3-6-31-37(33)43(66)61(42(31)65)35-12-13-36(62)55-41(35)64/h3-11,14,26-27,35,49H,12-13,15-25H2,1-2H3,(H,53,63)(H,55,62,64)(H2,51,52,54,56). The first-order chi connectivity index (χ1) is 35.0. The quantitative estimate of drug-likeness (QED) is 0.0393. The number of ether oxygens (including phenoxy) is 4. The summed E-state index contributed by atoms with van der Waals surface area (Å²) in [5, 5.41) is 21.3. The summed E-state index contributed by atoms with van der Waals surface area (Å²) in [5.41, 5.74) is 0.771. The van der Waals surface area contributed by atoms with Gasteiger partial charge in [0.15, 0.2) is 5.69 Å². The van der Waals surface area contributed by atoms with Gasteiger partial charge >= 0.3 is 6.18 Å². The summed E-state index contributed by atoms with van der Waals surface area (Å²) in [6.07, 6.45) is -0.283. The van der Waals surface area contributed by atoms with Crippen molar-refractivity contribution in [3.05, 3.63) is 101 Å². The molecule has 1 unspecified atom stereocenters. The van der Waals surface area contributed by atoms with Crippen LogP contribution in [0.3, 0.4) is 0 Å². The highest BCUT2D eigenvalue weighted by Gasteiger charge is 2.45. The molecule has 0 saturated carbocycles. The zero-order valence-corrected chi connectivity index (χ0v) is 40.1. The van der Waals surface area contributed by atoms with E-state index in [4.69, 9.17) is 18.9 Å². The van der Waals surface area contributed by atoms with Gasteiger partial charge in [-0.1, -0.05) is 17.3 Å². The van der Waals surface area contributed by atoms with Crippen LogP contribution in [-0.4, -0.2) is 152 Å². The molecule has 5 aromatic rings. The molecule has 73 heavy (non-hydrogen) atoms. The number of carbonyl (C=O) groups is 5. The highest BCUT2D eigenvalue weighted by atomic mass is 32.2. The van der Waals surface area contributed by atoms with Crippen LogP contribution in [0.25, 0.3) is 0 Å². The van der Waals surface area contributed by atoms with Crippen LogP contribution in [0.2, 0.25) is 0 Å². The Hall–Kier alpha value is -7.66. The lowest BCUT2D eigenvalue weighted by molar-refractivity contribution is -0.138. The number of carbonyl (C=O) groups excluding carboxylic acids is 5. The summed E-state index contributed by atoms with van der Waals surface area (Å²) in [6.45, 7) is 2.83. The Morgan fingerprint density at radius 3 is 2.23 bits per heavy atom. The van der Waals surface area contributed by atoms with Gasteiger partial charge < -0.3 is 40.2 Å². The lowest BCUT2D eigenvalue weighted by Crippen LogP contribution is -2.54. The molecule has 5 amide bonds. The van der Waals surface area contributed by atoms with Gasteiger partial charge in [-0.2, -0.15) is 18.2 Å². The number of amides is 5. The second-order valence-electron chi connectivity index (χ2n) is 16.1. The minimum atomic E-state index is -4.81. The number of imide groups is 2. The number of nitrogens with zero attached hydrogens (tertiary/aromatic N) is 8. The van der Waals surface area contributed by atoms with E-state index in [1.54, 1.807) is 36.4 Å². The summed E-state index contributed by atoms with van der Waals surface area (Å²) in [5.74, 6) is -3.52. The Morgan fingerprint density at radius 1 is 0.863 bits per heavy atom. The number of fused-ring (bicyclic) bond motifs is 1. The molecule has 1 fully saturated rings. The molecule has 0 radical (unpaired) electrons. The molecule has 1 saturated heterocycles. The van der Waals surface area contributed by atoms with Crippen molar-refractivity contribution in [2.75, 3.05) is 98.3 Å². The van der Waals surface area contributed by atoms with Gasteiger partial charge in [-0.15, -0.1) is 5.10 Å². The van der Waals surface area contributed by atoms with Gasteiger partial charge in [0.25, 0.3) is 17.7 Å². The van der Waals surface area contributed by atoms with Gasteiger partial charge in [-0.25, -0.2) is 23.1 Å². The van der Waals surface area contributed by atoms with Crippen molar-refractivity contribution < 1.29 is 64.5 Å². The monoisotopic (exact) mass is 1040 g/mol. The van der Waals surface area contributed by atoms with Crippen LogP contribution in [0, 0.1) is 0 Å². The van der Waals surface area contributed by atoms with Crippen molar-refractivity contribution >= 4 is 74.2 Å². The second-order valence-corrected chi connectivity index (χ2v) is 18.1. The van der Waals surface area contributed by atoms with Gasteiger partial charge in [0.05, 0.1) is 83.0 Å². The maximum atomic E-state index is 13.9. The van der Waals surface area contributed by atoms with Gasteiger partial charge in [-0.05, 0) is 48.9 Å². The molecule has 1 atom stereocenters. The second kappa shape index (κ2) is 24.2. The van der Waals surface area contributed by atoms with E-state index >= 15 is 0 Å². The van der Waals surface area contributed by atoms with Gasteiger partial charge in [0.2, 0.25) is 27.8 Å². The number of sulfonamides is 1. The van der Waals surface area contributed by atoms with Crippen molar-refractivity contribution in [1.29, 1.82) is 0 Å². The van der Waals surface area contributed by atoms with Gasteiger partial charge in [-0.3, -0.25) is 38.5 Å². The highest BCUT2D eigenvalue weighted by Crippen LogP contribution is 2.35. The van der Waals surface area contributed by atoms with E-state index < -0.39 is 63.2 Å². The van der Waals surface area contributed by atoms with Crippen LogP contribution < -0.4 is 30.9 Å². The van der Waals surface area contributed by atoms with Crippen molar-refractivity contribution in [3.63, 3.8) is 0 Å². The zero-order chi connectivity index (χ0) is 52.1. The number of alkyl halides is 3. The molecule has 3 aromatic heterocycles. The third-order valence-electron chi connectivity index (χ3n) is 11.0. The average molecular weight is 1040 g/mol. The van der Waals surface area contributed by atoms with Gasteiger partial charge in [0, 0.05) is 61.6 Å². The maximum Gasteiger partial charge on any atom is 0.421 e. The number of halogens is 3. The highest BCUT2D eigenvalue weighted by molar-refractivity contribution is 7.92. The molecular weight excluding hydrogens is 988 g/mol. The molecule has 2 aliphatic heterocycles. The first kappa shape index (κ1) is 53.1. The van der Waals surface area contributed by atoms with Crippen molar-refractivity contribution in [3.8, 4) is 0 Å². The number of hydrogen-bond acceptors (Lipinski definition) is 19. The van der Waals surface area contributed by atoms with E-state index in [2.05, 4.69) is 51.8 Å². The van der Waals surface area contributed by atoms with E-state index in [1.807, 2.05) is 0 Å². The number of piperidine rings is 1. The SMILES string of the molecule is CN(c1ncccc1CNc1nc(Nc2ccc(NC(=O)c3cn(CCOCCOCCOCCOCCNc4cccc5c4C(=O)N(C4CCC(=O)NC4=O)C5=O)nn3)cc2)ncc1C(F)(F)F)S(C)(=O)=O. The first-order valence-corrected chi connectivity index (χ1v) is 24.4. The third-order valence-corrected chi connectivity index (χ3v) is 12.2. The fraction of sp³-hybridized carbons (Fsp3) is 0.378. The van der Waals surface area contributed by atoms with Crippen LogP contribution in [0.15, 0.2) is 73.2 Å². The van der Waals surface area contributed by atoms with Crippen molar-refractivity contribution in [2.24, 2.45) is 0 Å². The number of pyridine rings is 1. The molecule has 24 nitrogen and oxygen atoms in total. The van der Waals surface area contributed by atoms with Crippen molar-refractivity contribution in [1.82, 2.24) is 40.2 Å². The Kier molecular flexibility index (Phi) is 17.6. The normalized spacial score (nSPS) is 14.8. The summed E-state index contributed by atoms with van der Waals surface area (Å²) in [6, 6.07) is 13.0. The summed E-state index contributed by atoms with van der Waals surface area (Å²) >= 11 is 0. The van der Waals surface area contributed by atoms with E-state index in [0.717, 1.165) is 15.5 Å². The predicted molar refractivity (Wildman–Crippen MR) is 254 cm³/mol. The molecule has 0 aliphatic carbocycles. The number of rotatable bonds is 26. The molecule has 7 rings (SSSR count). The molecule has 28 heteroatoms. The topological polar surface area (TPSA) is 292 Å². The van der Waals surface area contributed by atoms with Gasteiger partial charge in [0.1, 0.15) is 23.2 Å². The molecule has 2 aromatic carbocycles. The third kappa shape index (κ3) is 14.1. The summed E-state index contributed by atoms with van der Waals surface area (Å²) in [7, 11) is -2.43. The number of nitrogens with one attached hydrogen (secondary N) is 5. The average Bonchev–Trinajstić information content (AvgIpc) is 3.93. The molecule has 0 spiro atoms. The van der Waals surface area contributed by atoms with E-state index in [1.165, 1.54) is 42.3 Å². The minimum Gasteiger partial charge on any atom is -0.382 e. The van der Waals surface area contributed by atoms with E-state index in [9.17, 15) is 45.6 Å². The Bertz CT molecular complexity index is 2910. The molecule has 0 bridgehead atoms. The Morgan fingerprint density at radius 2 is 1.55 bits per heavy atom. The van der Waals surface area contributed by atoms with Crippen molar-refractivity contribution in [2.45, 2.75) is 38.1 Å². The molecule has 2 aliphatic rings. The molecule has 5 N–H and O–H groups in total. The molecule has 388 valence electrons. The lowest BCUT2D eigenvalue weighted by atomic mass is 10.0. The number of aromatic nitrogens is 6. The van der Waals surface area contributed by atoms with E-state index in [-0.39, 0.29) is 61.2 Å².